The Labute approximate surface area is 186 Å². The first-order chi connectivity index (χ1) is 12.8. The molecule has 0 bridgehead atoms. The van der Waals surface area contributed by atoms with Crippen molar-refractivity contribution in [2.45, 2.75) is 59.1 Å². The Morgan fingerprint density at radius 3 is 2.57 bits per heavy atom. The van der Waals surface area contributed by atoms with Gasteiger partial charge in [0, 0.05) is 25.3 Å². The number of nitrogens with zero attached hydrogens (tertiary/aromatic N) is 2. The van der Waals surface area contributed by atoms with E-state index in [4.69, 9.17) is 4.74 Å². The molecule has 0 aliphatic carbocycles. The zero-order valence-electron chi connectivity index (χ0n) is 17.7. The lowest BCUT2D eigenvalue weighted by Crippen LogP contribution is -2.39. The summed E-state index contributed by atoms with van der Waals surface area (Å²) in [7, 11) is 0. The second-order valence-electron chi connectivity index (χ2n) is 7.94. The number of rotatable bonds is 6. The first kappa shape index (κ1) is 24.5. The van der Waals surface area contributed by atoms with E-state index in [-0.39, 0.29) is 42.5 Å². The molecule has 0 radical (unpaired) electrons. The third-order valence-corrected chi connectivity index (χ3v) is 4.33. The predicted octanol–water partition coefficient (Wildman–Crippen LogP) is 3.86. The number of hydrogen-bond acceptors (Lipinski definition) is 4. The molecule has 28 heavy (non-hydrogen) atoms. The number of ether oxygens (including phenoxy) is 1. The lowest BCUT2D eigenvalue weighted by molar-refractivity contribution is -0.152. The maximum atomic E-state index is 11.9. The van der Waals surface area contributed by atoms with Crippen LogP contribution in [0.5, 0.6) is 0 Å². The minimum Gasteiger partial charge on any atom is -0.459 e. The second kappa shape index (κ2) is 11.5. The Balaban J connectivity index is 0.00000392. The van der Waals surface area contributed by atoms with E-state index in [1.54, 1.807) is 0 Å². The summed E-state index contributed by atoms with van der Waals surface area (Å²) >= 11 is 0. The van der Waals surface area contributed by atoms with Crippen LogP contribution in [0.2, 0.25) is 0 Å². The maximum Gasteiger partial charge on any atom is 0.328 e. The number of carbonyl (C=O) groups is 1. The van der Waals surface area contributed by atoms with Gasteiger partial charge in [0.15, 0.2) is 5.96 Å². The van der Waals surface area contributed by atoms with E-state index in [1.807, 2.05) is 27.7 Å². The number of anilines is 1. The van der Waals surface area contributed by atoms with Crippen molar-refractivity contribution in [2.24, 2.45) is 4.99 Å². The molecular weight excluding hydrogens is 467 g/mol. The number of nitrogens with one attached hydrogen (secondary N) is 2. The van der Waals surface area contributed by atoms with Gasteiger partial charge in [-0.2, -0.15) is 0 Å². The summed E-state index contributed by atoms with van der Waals surface area (Å²) in [5.74, 6) is 0.283. The fourth-order valence-electron chi connectivity index (χ4n) is 3.09. The number of esters is 1. The Hall–Kier alpha value is -1.51. The summed E-state index contributed by atoms with van der Waals surface area (Å²) in [6, 6.07) is 8.70. The fourth-order valence-corrected chi connectivity index (χ4v) is 3.09. The number of benzene rings is 1. The molecule has 158 valence electrons. The molecule has 0 amide bonds. The SMILES string of the molecule is CCNC(=NCC(=O)OC(C)(C)C)NC(C)c1cccc(N2CCCC2)c1.I. The normalized spacial score (nSPS) is 15.6. The zero-order valence-corrected chi connectivity index (χ0v) is 20.1. The summed E-state index contributed by atoms with van der Waals surface area (Å²) in [5.41, 5.74) is 1.97. The van der Waals surface area contributed by atoms with Gasteiger partial charge < -0.3 is 20.3 Å². The average Bonchev–Trinajstić information content (AvgIpc) is 3.13. The Morgan fingerprint density at radius 1 is 1.29 bits per heavy atom. The number of halogens is 1. The molecule has 7 heteroatoms. The highest BCUT2D eigenvalue weighted by atomic mass is 127. The van der Waals surface area contributed by atoms with E-state index < -0.39 is 5.60 Å². The average molecular weight is 502 g/mol. The van der Waals surface area contributed by atoms with Crippen molar-refractivity contribution in [3.05, 3.63) is 29.8 Å². The summed E-state index contributed by atoms with van der Waals surface area (Å²) in [5, 5.41) is 6.57. The van der Waals surface area contributed by atoms with Gasteiger partial charge in [0.2, 0.25) is 0 Å². The van der Waals surface area contributed by atoms with Gasteiger partial charge in [-0.3, -0.25) is 4.79 Å². The highest BCUT2D eigenvalue weighted by Gasteiger charge is 2.17. The molecular formula is C21H35IN4O2. The monoisotopic (exact) mass is 502 g/mol. The van der Waals surface area contributed by atoms with Gasteiger partial charge in [0.1, 0.15) is 12.1 Å². The number of hydrogen-bond donors (Lipinski definition) is 2. The molecule has 1 unspecified atom stereocenters. The number of carbonyl (C=O) groups excluding carboxylic acids is 1. The third kappa shape index (κ3) is 8.24. The molecule has 2 N–H and O–H groups in total. The molecule has 6 nitrogen and oxygen atoms in total. The Bertz CT molecular complexity index is 652. The van der Waals surface area contributed by atoms with E-state index in [2.05, 4.69) is 51.7 Å². The van der Waals surface area contributed by atoms with Crippen LogP contribution >= 0.6 is 24.0 Å². The van der Waals surface area contributed by atoms with E-state index >= 15 is 0 Å². The van der Waals surface area contributed by atoms with E-state index in [0.29, 0.717) is 5.96 Å². The molecule has 1 heterocycles. The Morgan fingerprint density at radius 2 is 1.96 bits per heavy atom. The molecule has 0 spiro atoms. The molecule has 1 saturated heterocycles. The molecule has 1 aromatic rings. The van der Waals surface area contributed by atoms with Crippen molar-refractivity contribution >= 4 is 41.6 Å². The van der Waals surface area contributed by atoms with Crippen LogP contribution in [0.3, 0.4) is 0 Å². The standard InChI is InChI=1S/C21H34N4O2.HI/c1-6-22-20(23-15-19(26)27-21(3,4)5)24-16(2)17-10-9-11-18(14-17)25-12-7-8-13-25;/h9-11,14,16H,6-8,12-13,15H2,1-5H3,(H2,22,23,24);1H. The minimum absolute atomic E-state index is 0. The largest absolute Gasteiger partial charge is 0.459 e. The van der Waals surface area contributed by atoms with Gasteiger partial charge in [-0.05, 0) is 65.2 Å². The lowest BCUT2D eigenvalue weighted by atomic mass is 10.1. The van der Waals surface area contributed by atoms with Crippen molar-refractivity contribution in [2.75, 3.05) is 31.1 Å². The van der Waals surface area contributed by atoms with Gasteiger partial charge in [-0.1, -0.05) is 12.1 Å². The second-order valence-corrected chi connectivity index (χ2v) is 7.94. The molecule has 0 saturated carbocycles. The van der Waals surface area contributed by atoms with Crippen LogP contribution in [0.15, 0.2) is 29.3 Å². The van der Waals surface area contributed by atoms with Crippen LogP contribution in [-0.2, 0) is 9.53 Å². The quantitative estimate of drug-likeness (QED) is 0.268. The topological polar surface area (TPSA) is 66.0 Å². The van der Waals surface area contributed by atoms with Crippen molar-refractivity contribution in [1.82, 2.24) is 10.6 Å². The van der Waals surface area contributed by atoms with Crippen LogP contribution in [0.25, 0.3) is 0 Å². The predicted molar refractivity (Wildman–Crippen MR) is 127 cm³/mol. The van der Waals surface area contributed by atoms with Gasteiger partial charge in [0.05, 0.1) is 6.04 Å². The summed E-state index contributed by atoms with van der Waals surface area (Å²) in [6.45, 7) is 12.6. The van der Waals surface area contributed by atoms with E-state index in [0.717, 1.165) is 19.6 Å². The van der Waals surface area contributed by atoms with E-state index in [1.165, 1.54) is 24.1 Å². The minimum atomic E-state index is -0.498. The van der Waals surface area contributed by atoms with Crippen LogP contribution in [0, 0.1) is 0 Å². The van der Waals surface area contributed by atoms with E-state index in [9.17, 15) is 4.79 Å². The maximum absolute atomic E-state index is 11.9. The summed E-state index contributed by atoms with van der Waals surface area (Å²) in [4.78, 5) is 18.7. The number of guanidine groups is 1. The first-order valence-corrected chi connectivity index (χ1v) is 9.90. The highest BCUT2D eigenvalue weighted by molar-refractivity contribution is 14.0. The number of aliphatic imine (C=N–C) groups is 1. The summed E-state index contributed by atoms with van der Waals surface area (Å²) < 4.78 is 5.32. The lowest BCUT2D eigenvalue weighted by Gasteiger charge is -2.22. The van der Waals surface area contributed by atoms with Crippen molar-refractivity contribution in [1.29, 1.82) is 0 Å². The van der Waals surface area contributed by atoms with Crippen LogP contribution < -0.4 is 15.5 Å². The first-order valence-electron chi connectivity index (χ1n) is 9.90. The molecule has 1 fully saturated rings. The fraction of sp³-hybridized carbons (Fsp3) is 0.619. The van der Waals surface area contributed by atoms with Gasteiger partial charge in [-0.25, -0.2) is 4.99 Å². The van der Waals surface area contributed by atoms with Crippen LogP contribution in [0.4, 0.5) is 5.69 Å². The molecule has 1 atom stereocenters. The summed E-state index contributed by atoms with van der Waals surface area (Å²) in [6.07, 6.45) is 2.53. The highest BCUT2D eigenvalue weighted by Crippen LogP contribution is 2.23. The van der Waals surface area contributed by atoms with Crippen LogP contribution in [0.1, 0.15) is 59.1 Å². The third-order valence-electron chi connectivity index (χ3n) is 4.33. The smallest absolute Gasteiger partial charge is 0.328 e. The molecule has 1 aliphatic rings. The molecule has 1 aromatic carbocycles. The van der Waals surface area contributed by atoms with Crippen LogP contribution in [-0.4, -0.2) is 43.7 Å². The van der Waals surface area contributed by atoms with Crippen molar-refractivity contribution in [3.63, 3.8) is 0 Å². The molecule has 1 aliphatic heterocycles. The molecule has 2 rings (SSSR count). The van der Waals surface area contributed by atoms with Gasteiger partial charge in [0.25, 0.3) is 0 Å². The van der Waals surface area contributed by atoms with Crippen molar-refractivity contribution < 1.29 is 9.53 Å². The van der Waals surface area contributed by atoms with Gasteiger partial charge >= 0.3 is 5.97 Å². The Kier molecular flexibility index (Phi) is 10.1. The zero-order chi connectivity index (χ0) is 19.9. The molecule has 0 aromatic heterocycles. The van der Waals surface area contributed by atoms with Crippen molar-refractivity contribution in [3.8, 4) is 0 Å². The van der Waals surface area contributed by atoms with Gasteiger partial charge in [-0.15, -0.1) is 24.0 Å².